The number of rotatable bonds is 3. The Balaban J connectivity index is 1.76. The molecule has 3 nitrogen and oxygen atoms in total. The van der Waals surface area contributed by atoms with Crippen LogP contribution in [0.4, 0.5) is 0 Å². The first-order chi connectivity index (χ1) is 6.95. The molecule has 1 aliphatic heterocycles. The molecule has 0 aliphatic carbocycles. The first-order valence-corrected chi connectivity index (χ1v) is 4.80. The summed E-state index contributed by atoms with van der Waals surface area (Å²) in [4.78, 5) is 0. The largest absolute Gasteiger partial charge is 0.374 e. The fourth-order valence-electron chi connectivity index (χ4n) is 1.33. The van der Waals surface area contributed by atoms with Gasteiger partial charge < -0.3 is 14.2 Å². The Morgan fingerprint density at radius 1 is 1.21 bits per heavy atom. The molecule has 0 saturated carbocycles. The minimum atomic E-state index is -0.205. The molecule has 76 valence electrons. The second-order valence-corrected chi connectivity index (χ2v) is 3.17. The van der Waals surface area contributed by atoms with Crippen LogP contribution in [0.15, 0.2) is 30.3 Å². The van der Waals surface area contributed by atoms with Crippen LogP contribution in [0.5, 0.6) is 0 Å². The lowest BCUT2D eigenvalue weighted by atomic mass is 10.2. The van der Waals surface area contributed by atoms with E-state index < -0.39 is 0 Å². The molecule has 0 spiro atoms. The number of hydrogen-bond donors (Lipinski definition) is 0. The first-order valence-electron chi connectivity index (χ1n) is 4.80. The average molecular weight is 194 g/mol. The minimum absolute atomic E-state index is 0.205. The highest BCUT2D eigenvalue weighted by molar-refractivity contribution is 5.13. The molecule has 1 fully saturated rings. The van der Waals surface area contributed by atoms with Crippen molar-refractivity contribution in [2.45, 2.75) is 12.9 Å². The normalized spacial score (nSPS) is 22.1. The maximum atomic E-state index is 5.52. The minimum Gasteiger partial charge on any atom is -0.374 e. The molecule has 3 heteroatoms. The molecule has 0 radical (unpaired) electrons. The van der Waals surface area contributed by atoms with Crippen LogP contribution in [-0.2, 0) is 20.8 Å². The molecular formula is C11H14O3. The Hall–Kier alpha value is -0.900. The molecule has 0 amide bonds. The molecule has 0 N–H and O–H groups in total. The fraction of sp³-hybridized carbons (Fsp3) is 0.455. The van der Waals surface area contributed by atoms with Gasteiger partial charge in [-0.05, 0) is 5.56 Å². The summed E-state index contributed by atoms with van der Waals surface area (Å²) < 4.78 is 16.1. The zero-order valence-electron chi connectivity index (χ0n) is 8.02. The predicted molar refractivity (Wildman–Crippen MR) is 51.8 cm³/mol. The van der Waals surface area contributed by atoms with Gasteiger partial charge in [-0.1, -0.05) is 30.3 Å². The van der Waals surface area contributed by atoms with Crippen molar-refractivity contribution >= 4 is 0 Å². The van der Waals surface area contributed by atoms with Crippen molar-refractivity contribution in [2.24, 2.45) is 0 Å². The molecule has 1 heterocycles. The molecule has 0 bridgehead atoms. The van der Waals surface area contributed by atoms with E-state index in [9.17, 15) is 0 Å². The zero-order valence-corrected chi connectivity index (χ0v) is 8.02. The van der Waals surface area contributed by atoms with Crippen LogP contribution in [0.2, 0.25) is 0 Å². The molecular weight excluding hydrogens is 180 g/mol. The average Bonchev–Trinajstić information content (AvgIpc) is 2.29. The van der Waals surface area contributed by atoms with Gasteiger partial charge in [-0.25, -0.2) is 0 Å². The van der Waals surface area contributed by atoms with Crippen molar-refractivity contribution < 1.29 is 14.2 Å². The van der Waals surface area contributed by atoms with E-state index in [1.165, 1.54) is 0 Å². The Morgan fingerprint density at radius 3 is 2.79 bits per heavy atom. The summed E-state index contributed by atoms with van der Waals surface area (Å²) in [6.07, 6.45) is -0.205. The first kappa shape index (κ1) is 9.65. The molecule has 1 aliphatic rings. The zero-order chi connectivity index (χ0) is 9.64. The Morgan fingerprint density at radius 2 is 2.07 bits per heavy atom. The van der Waals surface area contributed by atoms with Gasteiger partial charge >= 0.3 is 0 Å². The summed E-state index contributed by atoms with van der Waals surface area (Å²) in [5, 5.41) is 0. The van der Waals surface area contributed by atoms with Gasteiger partial charge in [0, 0.05) is 0 Å². The van der Waals surface area contributed by atoms with Crippen LogP contribution in [0, 0.1) is 0 Å². The SMILES string of the molecule is c1ccc(COC2COCCO2)cc1. The van der Waals surface area contributed by atoms with Crippen molar-refractivity contribution in [3.05, 3.63) is 35.9 Å². The van der Waals surface area contributed by atoms with Crippen molar-refractivity contribution in [1.82, 2.24) is 0 Å². The molecule has 1 saturated heterocycles. The number of benzene rings is 1. The third kappa shape index (κ3) is 2.80. The molecule has 1 unspecified atom stereocenters. The molecule has 14 heavy (non-hydrogen) atoms. The maximum Gasteiger partial charge on any atom is 0.181 e. The standard InChI is InChI=1S/C11H14O3/c1-2-4-10(5-3-1)8-14-11-9-12-6-7-13-11/h1-5,11H,6-9H2. The van der Waals surface area contributed by atoms with Crippen molar-refractivity contribution in [2.75, 3.05) is 19.8 Å². The molecule has 2 rings (SSSR count). The van der Waals surface area contributed by atoms with Crippen molar-refractivity contribution in [1.29, 1.82) is 0 Å². The number of hydrogen-bond acceptors (Lipinski definition) is 3. The lowest BCUT2D eigenvalue weighted by Crippen LogP contribution is -2.30. The van der Waals surface area contributed by atoms with Crippen LogP contribution in [-0.4, -0.2) is 26.1 Å². The summed E-state index contributed by atoms with van der Waals surface area (Å²) in [5.74, 6) is 0. The third-order valence-electron chi connectivity index (χ3n) is 2.06. The molecule has 1 atom stereocenters. The monoisotopic (exact) mass is 194 g/mol. The van der Waals surface area contributed by atoms with E-state index in [1.807, 2.05) is 30.3 Å². The predicted octanol–water partition coefficient (Wildman–Crippen LogP) is 1.58. The third-order valence-corrected chi connectivity index (χ3v) is 2.06. The summed E-state index contributed by atoms with van der Waals surface area (Å²) in [5.41, 5.74) is 1.15. The van der Waals surface area contributed by atoms with Gasteiger partial charge in [-0.2, -0.15) is 0 Å². The second kappa shape index (κ2) is 5.10. The van der Waals surface area contributed by atoms with E-state index in [2.05, 4.69) is 0 Å². The maximum absolute atomic E-state index is 5.52. The number of ether oxygens (including phenoxy) is 3. The smallest absolute Gasteiger partial charge is 0.181 e. The van der Waals surface area contributed by atoms with E-state index in [0.717, 1.165) is 5.56 Å². The van der Waals surface area contributed by atoms with Crippen molar-refractivity contribution in [3.63, 3.8) is 0 Å². The summed E-state index contributed by atoms with van der Waals surface area (Å²) >= 11 is 0. The van der Waals surface area contributed by atoms with Crippen LogP contribution in [0.25, 0.3) is 0 Å². The van der Waals surface area contributed by atoms with Gasteiger partial charge in [0.2, 0.25) is 0 Å². The Kier molecular flexibility index (Phi) is 3.51. The van der Waals surface area contributed by atoms with Gasteiger partial charge in [-0.15, -0.1) is 0 Å². The van der Waals surface area contributed by atoms with Gasteiger partial charge in [0.05, 0.1) is 26.4 Å². The Bertz CT molecular complexity index is 254. The summed E-state index contributed by atoms with van der Waals surface area (Å²) in [6, 6.07) is 10.0. The quantitative estimate of drug-likeness (QED) is 0.731. The second-order valence-electron chi connectivity index (χ2n) is 3.17. The Labute approximate surface area is 83.6 Å². The molecule has 0 aromatic heterocycles. The van der Waals surface area contributed by atoms with Crippen LogP contribution in [0.3, 0.4) is 0 Å². The lowest BCUT2D eigenvalue weighted by molar-refractivity contribution is -0.216. The highest BCUT2D eigenvalue weighted by Gasteiger charge is 2.13. The van der Waals surface area contributed by atoms with E-state index in [-0.39, 0.29) is 6.29 Å². The van der Waals surface area contributed by atoms with E-state index in [0.29, 0.717) is 26.4 Å². The van der Waals surface area contributed by atoms with Gasteiger partial charge in [-0.3, -0.25) is 0 Å². The lowest BCUT2D eigenvalue weighted by Gasteiger charge is -2.22. The van der Waals surface area contributed by atoms with E-state index >= 15 is 0 Å². The van der Waals surface area contributed by atoms with Gasteiger partial charge in [0.15, 0.2) is 6.29 Å². The van der Waals surface area contributed by atoms with Crippen molar-refractivity contribution in [3.8, 4) is 0 Å². The topological polar surface area (TPSA) is 27.7 Å². The molecule has 1 aromatic carbocycles. The summed E-state index contributed by atoms with van der Waals surface area (Å²) in [7, 11) is 0. The van der Waals surface area contributed by atoms with Crippen LogP contribution in [0.1, 0.15) is 5.56 Å². The van der Waals surface area contributed by atoms with E-state index in [4.69, 9.17) is 14.2 Å². The van der Waals surface area contributed by atoms with E-state index in [1.54, 1.807) is 0 Å². The van der Waals surface area contributed by atoms with Crippen LogP contribution < -0.4 is 0 Å². The van der Waals surface area contributed by atoms with Crippen LogP contribution >= 0.6 is 0 Å². The van der Waals surface area contributed by atoms with Gasteiger partial charge in [0.25, 0.3) is 0 Å². The van der Waals surface area contributed by atoms with Gasteiger partial charge in [0.1, 0.15) is 0 Å². The molecule has 1 aromatic rings. The highest BCUT2D eigenvalue weighted by Crippen LogP contribution is 2.07. The highest BCUT2D eigenvalue weighted by atomic mass is 16.7. The summed E-state index contributed by atoms with van der Waals surface area (Å²) in [6.45, 7) is 2.41. The fourth-order valence-corrected chi connectivity index (χ4v) is 1.33.